The molecule has 0 N–H and O–H groups in total. The lowest BCUT2D eigenvalue weighted by Gasteiger charge is -2.17. The molecule has 1 aliphatic heterocycles. The van der Waals surface area contributed by atoms with E-state index in [1.54, 1.807) is 13.8 Å². The third kappa shape index (κ3) is 2.05. The lowest BCUT2D eigenvalue weighted by Crippen LogP contribution is -2.23. The van der Waals surface area contributed by atoms with Crippen LogP contribution in [-0.2, 0) is 23.8 Å². The molecule has 0 radical (unpaired) electrons. The average molecular weight is 250 g/mol. The minimum atomic E-state index is -3.78. The lowest BCUT2D eigenvalue weighted by atomic mass is 10.3. The van der Waals surface area contributed by atoms with Crippen LogP contribution in [0.3, 0.4) is 0 Å². The van der Waals surface area contributed by atoms with Gasteiger partial charge in [0.15, 0.2) is 17.7 Å². The monoisotopic (exact) mass is 250 g/mol. The molecule has 0 aromatic heterocycles. The van der Waals surface area contributed by atoms with Crippen molar-refractivity contribution in [2.24, 2.45) is 0 Å². The van der Waals surface area contributed by atoms with E-state index in [2.05, 4.69) is 4.18 Å². The van der Waals surface area contributed by atoms with Gasteiger partial charge in [0.25, 0.3) is 0 Å². The maximum absolute atomic E-state index is 13.3. The molecule has 0 aromatic carbocycles. The molecule has 1 fully saturated rings. The van der Waals surface area contributed by atoms with E-state index in [-0.39, 0.29) is 11.5 Å². The highest BCUT2D eigenvalue weighted by molar-refractivity contribution is 7.86. The van der Waals surface area contributed by atoms with Crippen LogP contribution in [0.25, 0.3) is 0 Å². The summed E-state index contributed by atoms with van der Waals surface area (Å²) >= 11 is 0. The van der Waals surface area contributed by atoms with Crippen molar-refractivity contribution < 1.29 is 26.5 Å². The van der Waals surface area contributed by atoms with E-state index in [0.717, 1.165) is 12.3 Å². The van der Waals surface area contributed by atoms with Gasteiger partial charge in [0, 0.05) is 19.9 Å². The minimum absolute atomic E-state index is 0.223. The van der Waals surface area contributed by atoms with Crippen molar-refractivity contribution in [3.05, 3.63) is 23.4 Å². The highest BCUT2D eigenvalue weighted by atomic mass is 32.2. The van der Waals surface area contributed by atoms with E-state index in [0.29, 0.717) is 0 Å². The first-order valence-corrected chi connectivity index (χ1v) is 6.37. The number of halogens is 1. The van der Waals surface area contributed by atoms with Crippen molar-refractivity contribution in [3.8, 4) is 0 Å². The Morgan fingerprint density at radius 1 is 1.50 bits per heavy atom. The van der Waals surface area contributed by atoms with Crippen LogP contribution in [0.2, 0.25) is 0 Å². The Morgan fingerprint density at radius 2 is 2.12 bits per heavy atom. The SMILES string of the molecule is CC1(C)OC2=CC(F)=C(OS(C)(=O)=O)[C@@H]2O1. The van der Waals surface area contributed by atoms with Crippen molar-refractivity contribution in [3.63, 3.8) is 0 Å². The van der Waals surface area contributed by atoms with Gasteiger partial charge in [-0.3, -0.25) is 0 Å². The Balaban J connectivity index is 2.26. The fourth-order valence-corrected chi connectivity index (χ4v) is 2.05. The zero-order valence-corrected chi connectivity index (χ0v) is 9.80. The van der Waals surface area contributed by atoms with E-state index >= 15 is 0 Å². The summed E-state index contributed by atoms with van der Waals surface area (Å²) in [5.41, 5.74) is 0. The number of fused-ring (bicyclic) bond motifs is 1. The molecular weight excluding hydrogens is 239 g/mol. The van der Waals surface area contributed by atoms with Gasteiger partial charge < -0.3 is 13.7 Å². The van der Waals surface area contributed by atoms with Crippen LogP contribution >= 0.6 is 0 Å². The average Bonchev–Trinajstić information content (AvgIpc) is 2.45. The summed E-state index contributed by atoms with van der Waals surface area (Å²) < 4.78 is 50.4. The summed E-state index contributed by atoms with van der Waals surface area (Å²) in [4.78, 5) is 0. The highest BCUT2D eigenvalue weighted by Gasteiger charge is 2.46. The van der Waals surface area contributed by atoms with Crippen LogP contribution in [0, 0.1) is 0 Å². The molecule has 2 aliphatic rings. The Morgan fingerprint density at radius 3 is 2.69 bits per heavy atom. The summed E-state index contributed by atoms with van der Waals surface area (Å²) in [5.74, 6) is -1.85. The van der Waals surface area contributed by atoms with Crippen molar-refractivity contribution >= 4 is 10.1 Å². The van der Waals surface area contributed by atoms with Gasteiger partial charge >= 0.3 is 10.1 Å². The number of hydrogen-bond acceptors (Lipinski definition) is 5. The van der Waals surface area contributed by atoms with Crippen molar-refractivity contribution in [1.29, 1.82) is 0 Å². The first kappa shape index (κ1) is 11.4. The Hall–Kier alpha value is -1.08. The summed E-state index contributed by atoms with van der Waals surface area (Å²) in [6.45, 7) is 3.28. The summed E-state index contributed by atoms with van der Waals surface area (Å²) in [7, 11) is -3.78. The molecule has 0 aromatic rings. The van der Waals surface area contributed by atoms with Crippen LogP contribution in [0.5, 0.6) is 0 Å². The maximum atomic E-state index is 13.3. The molecule has 0 bridgehead atoms. The van der Waals surface area contributed by atoms with Crippen molar-refractivity contribution in [2.75, 3.05) is 6.26 Å². The quantitative estimate of drug-likeness (QED) is 0.689. The van der Waals surface area contributed by atoms with Crippen LogP contribution in [-0.4, -0.2) is 26.6 Å². The molecular formula is C9H11FO5S. The predicted molar refractivity (Wildman–Crippen MR) is 52.2 cm³/mol. The lowest BCUT2D eigenvalue weighted by molar-refractivity contribution is -0.132. The second kappa shape index (κ2) is 3.21. The van der Waals surface area contributed by atoms with Gasteiger partial charge in [0.2, 0.25) is 5.79 Å². The zero-order valence-electron chi connectivity index (χ0n) is 8.98. The normalized spacial score (nSPS) is 27.5. The van der Waals surface area contributed by atoms with Crippen LogP contribution in [0.1, 0.15) is 13.8 Å². The van der Waals surface area contributed by atoms with Crippen molar-refractivity contribution in [2.45, 2.75) is 25.7 Å². The molecule has 0 saturated carbocycles. The van der Waals surface area contributed by atoms with Gasteiger partial charge in [-0.1, -0.05) is 0 Å². The maximum Gasteiger partial charge on any atom is 0.306 e. The number of allylic oxidation sites excluding steroid dienone is 2. The molecule has 0 unspecified atom stereocenters. The molecule has 1 saturated heterocycles. The minimum Gasteiger partial charge on any atom is -0.464 e. The van der Waals surface area contributed by atoms with Gasteiger partial charge in [0.1, 0.15) is 5.76 Å². The number of ether oxygens (including phenoxy) is 2. The van der Waals surface area contributed by atoms with E-state index in [9.17, 15) is 12.8 Å². The fraction of sp³-hybridized carbons (Fsp3) is 0.556. The van der Waals surface area contributed by atoms with E-state index in [1.165, 1.54) is 0 Å². The largest absolute Gasteiger partial charge is 0.464 e. The third-order valence-electron chi connectivity index (χ3n) is 2.01. The Bertz CT molecular complexity index is 488. The van der Waals surface area contributed by atoms with Gasteiger partial charge in [-0.05, 0) is 0 Å². The second-order valence-corrected chi connectivity index (χ2v) is 5.62. The molecule has 7 heteroatoms. The fourth-order valence-electron chi connectivity index (χ4n) is 1.56. The molecule has 0 spiro atoms. The summed E-state index contributed by atoms with van der Waals surface area (Å²) in [6, 6.07) is 0. The van der Waals surface area contributed by atoms with Gasteiger partial charge in [0.05, 0.1) is 6.26 Å². The third-order valence-corrected chi connectivity index (χ3v) is 2.49. The van der Waals surface area contributed by atoms with Crippen LogP contribution in [0.15, 0.2) is 23.4 Å². The molecule has 1 aliphatic carbocycles. The number of rotatable bonds is 2. The molecule has 1 heterocycles. The predicted octanol–water partition coefficient (Wildman–Crippen LogP) is 1.19. The molecule has 2 rings (SSSR count). The topological polar surface area (TPSA) is 61.8 Å². The zero-order chi connectivity index (χ0) is 12.1. The first-order valence-electron chi connectivity index (χ1n) is 4.55. The van der Waals surface area contributed by atoms with E-state index in [1.807, 2.05) is 0 Å². The Labute approximate surface area is 92.6 Å². The second-order valence-electron chi connectivity index (χ2n) is 4.05. The highest BCUT2D eigenvalue weighted by Crippen LogP contribution is 2.41. The van der Waals surface area contributed by atoms with Gasteiger partial charge in [-0.2, -0.15) is 8.42 Å². The molecule has 90 valence electrons. The summed E-state index contributed by atoms with van der Waals surface area (Å²) in [6.07, 6.45) is 0.997. The first-order chi connectivity index (χ1) is 7.18. The van der Waals surface area contributed by atoms with E-state index < -0.39 is 27.8 Å². The van der Waals surface area contributed by atoms with E-state index in [4.69, 9.17) is 9.47 Å². The molecule has 1 atom stereocenters. The van der Waals surface area contributed by atoms with Gasteiger partial charge in [-0.15, -0.1) is 0 Å². The molecule has 5 nitrogen and oxygen atoms in total. The van der Waals surface area contributed by atoms with Crippen molar-refractivity contribution in [1.82, 2.24) is 0 Å². The molecule has 16 heavy (non-hydrogen) atoms. The Kier molecular flexibility index (Phi) is 2.29. The smallest absolute Gasteiger partial charge is 0.306 e. The summed E-state index contributed by atoms with van der Waals surface area (Å²) in [5, 5.41) is 0. The van der Waals surface area contributed by atoms with Crippen LogP contribution in [0.4, 0.5) is 4.39 Å². The standard InChI is InChI=1S/C9H11FO5S/c1-9(2)13-6-4-5(10)7(8(6)14-9)15-16(3,11)12/h4,8H,1-3H3/t8-/m1/s1. The van der Waals surface area contributed by atoms with Crippen LogP contribution < -0.4 is 0 Å². The number of hydrogen-bond donors (Lipinski definition) is 0. The van der Waals surface area contributed by atoms with Gasteiger partial charge in [-0.25, -0.2) is 4.39 Å². The molecule has 0 amide bonds.